The number of rotatable bonds is 3. The molecule has 2 saturated heterocycles. The van der Waals surface area contributed by atoms with Gasteiger partial charge in [0.1, 0.15) is 5.92 Å². The maximum Gasteiger partial charge on any atom is 0.320 e. The summed E-state index contributed by atoms with van der Waals surface area (Å²) < 4.78 is 5.29. The fourth-order valence-corrected chi connectivity index (χ4v) is 3.08. The maximum atomic E-state index is 12.7. The summed E-state index contributed by atoms with van der Waals surface area (Å²) >= 11 is 0. The van der Waals surface area contributed by atoms with Crippen molar-refractivity contribution in [2.24, 2.45) is 11.3 Å². The first kappa shape index (κ1) is 16.1. The number of hydrogen-bond donors (Lipinski definition) is 1. The average molecular weight is 298 g/mol. The zero-order valence-corrected chi connectivity index (χ0v) is 13.2. The number of likely N-dealkylation sites (N-methyl/N-ethyl adjacent to an activating group) is 1. The minimum Gasteiger partial charge on any atom is -0.481 e. The van der Waals surface area contributed by atoms with E-state index in [0.717, 1.165) is 25.9 Å². The number of carboxylic acid groups (broad SMARTS) is 1. The Kier molecular flexibility index (Phi) is 4.76. The predicted octanol–water partition coefficient (Wildman–Crippen LogP) is 1.65. The van der Waals surface area contributed by atoms with Crippen LogP contribution in [0.3, 0.4) is 0 Å². The van der Waals surface area contributed by atoms with Crippen LogP contribution >= 0.6 is 0 Å². The van der Waals surface area contributed by atoms with Gasteiger partial charge in [-0.25, -0.2) is 4.79 Å². The standard InChI is InChI=1S/C15H26N2O4/c1-4-17(12-10-21-9-11(12)13(18)19)14(20)16-7-5-15(2,3)6-8-16/h11-12H,4-10H2,1-3H3,(H,18,19). The fourth-order valence-electron chi connectivity index (χ4n) is 3.08. The van der Waals surface area contributed by atoms with Crippen LogP contribution in [0.4, 0.5) is 4.79 Å². The highest BCUT2D eigenvalue weighted by atomic mass is 16.5. The molecule has 2 unspecified atom stereocenters. The zero-order valence-electron chi connectivity index (χ0n) is 13.2. The molecule has 2 rings (SSSR count). The van der Waals surface area contributed by atoms with Crippen molar-refractivity contribution < 1.29 is 19.4 Å². The molecule has 0 aromatic rings. The van der Waals surface area contributed by atoms with Crippen molar-refractivity contribution in [1.29, 1.82) is 0 Å². The van der Waals surface area contributed by atoms with Gasteiger partial charge in [0.2, 0.25) is 0 Å². The summed E-state index contributed by atoms with van der Waals surface area (Å²) in [6.45, 7) is 8.84. The van der Waals surface area contributed by atoms with Gasteiger partial charge in [0.25, 0.3) is 0 Å². The van der Waals surface area contributed by atoms with Gasteiger partial charge in [-0.15, -0.1) is 0 Å². The Balaban J connectivity index is 2.03. The minimum absolute atomic E-state index is 0.0465. The average Bonchev–Trinajstić information content (AvgIpc) is 2.88. The number of carboxylic acids is 1. The molecule has 2 atom stereocenters. The molecule has 2 heterocycles. The molecule has 2 aliphatic heterocycles. The third kappa shape index (κ3) is 3.48. The van der Waals surface area contributed by atoms with E-state index in [4.69, 9.17) is 4.74 Å². The van der Waals surface area contributed by atoms with Gasteiger partial charge in [0, 0.05) is 19.6 Å². The summed E-state index contributed by atoms with van der Waals surface area (Å²) in [7, 11) is 0. The first-order chi connectivity index (χ1) is 9.85. The molecule has 120 valence electrons. The molecule has 0 aliphatic carbocycles. The van der Waals surface area contributed by atoms with Crippen LogP contribution in [0, 0.1) is 11.3 Å². The van der Waals surface area contributed by atoms with Gasteiger partial charge in [-0.05, 0) is 25.2 Å². The highest BCUT2D eigenvalue weighted by molar-refractivity contribution is 5.77. The Hall–Kier alpha value is -1.30. The predicted molar refractivity (Wildman–Crippen MR) is 78.1 cm³/mol. The molecule has 0 aromatic heterocycles. The molecule has 0 aromatic carbocycles. The summed E-state index contributed by atoms with van der Waals surface area (Å²) in [5.74, 6) is -1.50. The number of nitrogens with zero attached hydrogens (tertiary/aromatic N) is 2. The largest absolute Gasteiger partial charge is 0.481 e. The molecule has 0 radical (unpaired) electrons. The molecule has 21 heavy (non-hydrogen) atoms. The molecule has 2 aliphatic rings. The Morgan fingerprint density at radius 3 is 2.43 bits per heavy atom. The molecule has 0 saturated carbocycles. The normalized spacial score (nSPS) is 28.4. The van der Waals surface area contributed by atoms with E-state index in [1.54, 1.807) is 4.90 Å². The van der Waals surface area contributed by atoms with Crippen molar-refractivity contribution >= 4 is 12.0 Å². The highest BCUT2D eigenvalue weighted by Crippen LogP contribution is 2.31. The lowest BCUT2D eigenvalue weighted by molar-refractivity contribution is -0.142. The highest BCUT2D eigenvalue weighted by Gasteiger charge is 2.41. The second-order valence-electron chi connectivity index (χ2n) is 6.77. The van der Waals surface area contributed by atoms with E-state index < -0.39 is 11.9 Å². The van der Waals surface area contributed by atoms with Crippen molar-refractivity contribution in [1.82, 2.24) is 9.80 Å². The van der Waals surface area contributed by atoms with Crippen LogP contribution in [-0.2, 0) is 9.53 Å². The van der Waals surface area contributed by atoms with Crippen LogP contribution < -0.4 is 0 Å². The summed E-state index contributed by atoms with van der Waals surface area (Å²) in [6.07, 6.45) is 1.97. The summed E-state index contributed by atoms with van der Waals surface area (Å²) in [6, 6.07) is -0.398. The third-order valence-electron chi connectivity index (χ3n) is 4.74. The number of carbonyl (C=O) groups excluding carboxylic acids is 1. The van der Waals surface area contributed by atoms with Crippen molar-refractivity contribution in [3.63, 3.8) is 0 Å². The van der Waals surface area contributed by atoms with Crippen LogP contribution in [0.15, 0.2) is 0 Å². The number of amides is 2. The summed E-state index contributed by atoms with van der Waals surface area (Å²) in [5.41, 5.74) is 0.286. The molecule has 6 heteroatoms. The van der Waals surface area contributed by atoms with E-state index in [0.29, 0.717) is 13.2 Å². The van der Waals surface area contributed by atoms with E-state index in [2.05, 4.69) is 13.8 Å². The van der Waals surface area contributed by atoms with Crippen molar-refractivity contribution in [3.05, 3.63) is 0 Å². The second kappa shape index (κ2) is 6.22. The van der Waals surface area contributed by atoms with Crippen molar-refractivity contribution in [3.8, 4) is 0 Å². The Bertz CT molecular complexity index is 400. The summed E-state index contributed by atoms with van der Waals surface area (Å²) in [4.78, 5) is 27.5. The quantitative estimate of drug-likeness (QED) is 0.860. The lowest BCUT2D eigenvalue weighted by Gasteiger charge is -2.40. The molecule has 2 fully saturated rings. The number of urea groups is 1. The third-order valence-corrected chi connectivity index (χ3v) is 4.74. The first-order valence-electron chi connectivity index (χ1n) is 7.72. The van der Waals surface area contributed by atoms with Crippen LogP contribution in [0.1, 0.15) is 33.6 Å². The number of ether oxygens (including phenoxy) is 1. The number of aliphatic carboxylic acids is 1. The molecular weight excluding hydrogens is 272 g/mol. The van der Waals surface area contributed by atoms with E-state index in [1.165, 1.54) is 0 Å². The second-order valence-corrected chi connectivity index (χ2v) is 6.77. The van der Waals surface area contributed by atoms with Crippen LogP contribution in [-0.4, -0.2) is 65.8 Å². The molecule has 2 amide bonds. The first-order valence-corrected chi connectivity index (χ1v) is 7.72. The lowest BCUT2D eigenvalue weighted by atomic mass is 9.83. The SMILES string of the molecule is CCN(C(=O)N1CCC(C)(C)CC1)C1COCC1C(=O)O. The molecule has 1 N–H and O–H groups in total. The summed E-state index contributed by atoms with van der Waals surface area (Å²) in [5, 5.41) is 9.26. The topological polar surface area (TPSA) is 70.1 Å². The van der Waals surface area contributed by atoms with Gasteiger partial charge in [-0.2, -0.15) is 0 Å². The lowest BCUT2D eigenvalue weighted by Crippen LogP contribution is -2.54. The molecular formula is C15H26N2O4. The van der Waals surface area contributed by atoms with Gasteiger partial charge in [-0.3, -0.25) is 4.79 Å². The van der Waals surface area contributed by atoms with Crippen LogP contribution in [0.2, 0.25) is 0 Å². The smallest absolute Gasteiger partial charge is 0.320 e. The molecule has 6 nitrogen and oxygen atoms in total. The van der Waals surface area contributed by atoms with Gasteiger partial charge in [0.15, 0.2) is 0 Å². The molecule has 0 spiro atoms. The fraction of sp³-hybridized carbons (Fsp3) is 0.867. The van der Waals surface area contributed by atoms with Gasteiger partial charge >= 0.3 is 12.0 Å². The van der Waals surface area contributed by atoms with E-state index >= 15 is 0 Å². The number of hydrogen-bond acceptors (Lipinski definition) is 3. The Labute approximate surface area is 126 Å². The molecule has 0 bridgehead atoms. The zero-order chi connectivity index (χ0) is 15.6. The maximum absolute atomic E-state index is 12.7. The Morgan fingerprint density at radius 2 is 1.90 bits per heavy atom. The minimum atomic E-state index is -0.886. The van der Waals surface area contributed by atoms with E-state index in [1.807, 2.05) is 11.8 Å². The van der Waals surface area contributed by atoms with Gasteiger partial charge in [-0.1, -0.05) is 13.8 Å². The van der Waals surface area contributed by atoms with Crippen LogP contribution in [0.5, 0.6) is 0 Å². The van der Waals surface area contributed by atoms with Crippen molar-refractivity contribution in [2.45, 2.75) is 39.7 Å². The number of piperidine rings is 1. The number of carbonyl (C=O) groups is 2. The van der Waals surface area contributed by atoms with E-state index in [-0.39, 0.29) is 24.1 Å². The Morgan fingerprint density at radius 1 is 1.29 bits per heavy atom. The van der Waals surface area contributed by atoms with E-state index in [9.17, 15) is 14.7 Å². The van der Waals surface area contributed by atoms with Crippen molar-refractivity contribution in [2.75, 3.05) is 32.8 Å². The van der Waals surface area contributed by atoms with Gasteiger partial charge in [0.05, 0.1) is 19.3 Å². The van der Waals surface area contributed by atoms with Crippen LogP contribution in [0.25, 0.3) is 0 Å². The monoisotopic (exact) mass is 298 g/mol. The number of likely N-dealkylation sites (tertiary alicyclic amines) is 1. The van der Waals surface area contributed by atoms with Gasteiger partial charge < -0.3 is 19.6 Å².